The van der Waals surface area contributed by atoms with Gasteiger partial charge in [-0.05, 0) is 36.6 Å². The summed E-state index contributed by atoms with van der Waals surface area (Å²) in [5.74, 6) is 0. The number of hydrogen-bond acceptors (Lipinski definition) is 1. The molecule has 0 bridgehead atoms. The van der Waals surface area contributed by atoms with Gasteiger partial charge in [-0.15, -0.1) is 0 Å². The van der Waals surface area contributed by atoms with E-state index in [9.17, 15) is 0 Å². The van der Waals surface area contributed by atoms with Gasteiger partial charge >= 0.3 is 0 Å². The monoisotopic (exact) mass is 159 g/mol. The molecule has 0 N–H and O–H groups in total. The Hall–Kier alpha value is -1.37. The van der Waals surface area contributed by atoms with E-state index in [2.05, 4.69) is 30.8 Å². The molecule has 1 nitrogen and oxygen atoms in total. The SMILES string of the molecule is C=N/C=c1/cccc(C)/c1=C/C. The maximum atomic E-state index is 3.76. The van der Waals surface area contributed by atoms with Crippen LogP contribution in [0.25, 0.3) is 12.3 Å². The summed E-state index contributed by atoms with van der Waals surface area (Å²) in [5.41, 5.74) is 1.27. The standard InChI is InChI=1S/C11H13N/c1-4-11-9(2)6-5-7-10(11)8-12-3/h4-8H,3H2,1-2H3/b10-8-,11-4-. The molecule has 12 heavy (non-hydrogen) atoms. The fourth-order valence-electron chi connectivity index (χ4n) is 1.31. The Morgan fingerprint density at radius 3 is 2.75 bits per heavy atom. The van der Waals surface area contributed by atoms with E-state index < -0.39 is 0 Å². The molecule has 0 aliphatic heterocycles. The van der Waals surface area contributed by atoms with Crippen LogP contribution in [0.3, 0.4) is 0 Å². The number of aryl methyl sites for hydroxylation is 1. The van der Waals surface area contributed by atoms with E-state index in [1.807, 2.05) is 19.1 Å². The predicted octanol–water partition coefficient (Wildman–Crippen LogP) is 1.23. The highest BCUT2D eigenvalue weighted by Gasteiger charge is 1.87. The molecule has 1 rings (SSSR count). The molecule has 0 radical (unpaired) electrons. The Morgan fingerprint density at radius 2 is 2.17 bits per heavy atom. The predicted molar refractivity (Wildman–Crippen MR) is 54.6 cm³/mol. The summed E-state index contributed by atoms with van der Waals surface area (Å²) in [6.07, 6.45) is 3.87. The third-order valence-corrected chi connectivity index (χ3v) is 1.88. The minimum atomic E-state index is 1.13. The van der Waals surface area contributed by atoms with Crippen molar-refractivity contribution in [1.29, 1.82) is 0 Å². The zero-order chi connectivity index (χ0) is 8.97. The molecule has 0 atom stereocenters. The van der Waals surface area contributed by atoms with Crippen molar-refractivity contribution in [1.82, 2.24) is 0 Å². The number of nitrogens with zero attached hydrogens (tertiary/aromatic N) is 1. The van der Waals surface area contributed by atoms with Crippen LogP contribution in [0.2, 0.25) is 0 Å². The van der Waals surface area contributed by atoms with Gasteiger partial charge in [0.1, 0.15) is 0 Å². The van der Waals surface area contributed by atoms with Crippen LogP contribution in [0.15, 0.2) is 23.2 Å². The summed E-state index contributed by atoms with van der Waals surface area (Å²) >= 11 is 0. The van der Waals surface area contributed by atoms with Gasteiger partial charge in [0.25, 0.3) is 0 Å². The summed E-state index contributed by atoms with van der Waals surface area (Å²) in [5, 5.41) is 2.37. The lowest BCUT2D eigenvalue weighted by Crippen LogP contribution is -2.26. The van der Waals surface area contributed by atoms with Gasteiger partial charge in [-0.25, -0.2) is 0 Å². The molecule has 62 valence electrons. The Morgan fingerprint density at radius 1 is 1.42 bits per heavy atom. The molecule has 0 aliphatic rings. The highest BCUT2D eigenvalue weighted by Crippen LogP contribution is 1.83. The number of hydrogen-bond donors (Lipinski definition) is 0. The molecule has 0 heterocycles. The second-order valence-electron chi connectivity index (χ2n) is 2.68. The first-order valence-electron chi connectivity index (χ1n) is 3.97. The van der Waals surface area contributed by atoms with Crippen molar-refractivity contribution in [3.05, 3.63) is 34.2 Å². The van der Waals surface area contributed by atoms with Crippen molar-refractivity contribution in [2.75, 3.05) is 0 Å². The zero-order valence-electron chi connectivity index (χ0n) is 7.54. The molecule has 0 amide bonds. The zero-order valence-corrected chi connectivity index (χ0v) is 7.54. The van der Waals surface area contributed by atoms with Crippen LogP contribution in [0, 0.1) is 6.92 Å². The summed E-state index contributed by atoms with van der Waals surface area (Å²) in [7, 11) is 0. The minimum absolute atomic E-state index is 1.13. The number of benzene rings is 1. The topological polar surface area (TPSA) is 12.4 Å². The van der Waals surface area contributed by atoms with Crippen molar-refractivity contribution in [3.8, 4) is 0 Å². The highest BCUT2D eigenvalue weighted by atomic mass is 14.6. The van der Waals surface area contributed by atoms with Gasteiger partial charge in [0.15, 0.2) is 0 Å². The second-order valence-corrected chi connectivity index (χ2v) is 2.68. The van der Waals surface area contributed by atoms with Gasteiger partial charge in [0.2, 0.25) is 0 Å². The van der Waals surface area contributed by atoms with Gasteiger partial charge < -0.3 is 0 Å². The van der Waals surface area contributed by atoms with Gasteiger partial charge in [0, 0.05) is 6.20 Å². The first-order chi connectivity index (χ1) is 5.79. The maximum absolute atomic E-state index is 3.76. The molecule has 1 heteroatoms. The van der Waals surface area contributed by atoms with E-state index in [0.717, 1.165) is 5.22 Å². The fraction of sp³-hybridized carbons (Fsp3) is 0.182. The van der Waals surface area contributed by atoms with Crippen LogP contribution in [-0.2, 0) is 0 Å². The molecule has 1 aromatic rings. The Labute approximate surface area is 72.8 Å². The van der Waals surface area contributed by atoms with E-state index in [-0.39, 0.29) is 0 Å². The van der Waals surface area contributed by atoms with Crippen LogP contribution in [-0.4, -0.2) is 6.72 Å². The van der Waals surface area contributed by atoms with E-state index in [1.165, 1.54) is 10.8 Å². The summed E-state index contributed by atoms with van der Waals surface area (Å²) in [6, 6.07) is 6.16. The van der Waals surface area contributed by atoms with Crippen molar-refractivity contribution in [2.24, 2.45) is 4.99 Å². The van der Waals surface area contributed by atoms with Crippen molar-refractivity contribution >= 4 is 19.0 Å². The quantitative estimate of drug-likeness (QED) is 0.547. The highest BCUT2D eigenvalue weighted by molar-refractivity contribution is 5.39. The summed E-state index contributed by atoms with van der Waals surface area (Å²) in [4.78, 5) is 3.76. The summed E-state index contributed by atoms with van der Waals surface area (Å²) in [6.45, 7) is 7.57. The van der Waals surface area contributed by atoms with Gasteiger partial charge in [-0.1, -0.05) is 24.3 Å². The van der Waals surface area contributed by atoms with E-state index >= 15 is 0 Å². The van der Waals surface area contributed by atoms with Crippen LogP contribution >= 0.6 is 0 Å². The van der Waals surface area contributed by atoms with Crippen LogP contribution in [0.1, 0.15) is 12.5 Å². The van der Waals surface area contributed by atoms with Gasteiger partial charge in [-0.3, -0.25) is 4.99 Å². The Balaban J connectivity index is 3.61. The van der Waals surface area contributed by atoms with Gasteiger partial charge in [-0.2, -0.15) is 0 Å². The Bertz CT molecular complexity index is 388. The lowest BCUT2D eigenvalue weighted by Gasteiger charge is -1.93. The number of aliphatic imine (C=N–C) groups is 1. The number of rotatable bonds is 1. The van der Waals surface area contributed by atoms with Crippen molar-refractivity contribution in [3.63, 3.8) is 0 Å². The molecule has 0 unspecified atom stereocenters. The van der Waals surface area contributed by atoms with E-state index in [1.54, 1.807) is 6.20 Å². The lowest BCUT2D eigenvalue weighted by atomic mass is 10.1. The molecule has 0 saturated carbocycles. The molecular formula is C11H13N. The third-order valence-electron chi connectivity index (χ3n) is 1.88. The van der Waals surface area contributed by atoms with Crippen molar-refractivity contribution < 1.29 is 0 Å². The summed E-state index contributed by atoms with van der Waals surface area (Å²) < 4.78 is 0. The molecule has 0 saturated heterocycles. The minimum Gasteiger partial charge on any atom is -0.272 e. The molecule has 0 aliphatic carbocycles. The fourth-order valence-corrected chi connectivity index (χ4v) is 1.31. The molecular weight excluding hydrogens is 146 g/mol. The molecule has 0 aromatic heterocycles. The average Bonchev–Trinajstić information content (AvgIpc) is 2.05. The van der Waals surface area contributed by atoms with E-state index in [0.29, 0.717) is 0 Å². The first kappa shape index (κ1) is 8.72. The van der Waals surface area contributed by atoms with E-state index in [4.69, 9.17) is 0 Å². The maximum Gasteiger partial charge on any atom is 0.0339 e. The largest absolute Gasteiger partial charge is 0.272 e. The third kappa shape index (κ3) is 1.62. The van der Waals surface area contributed by atoms with Crippen LogP contribution in [0.4, 0.5) is 0 Å². The molecule has 0 spiro atoms. The lowest BCUT2D eigenvalue weighted by molar-refractivity contribution is 1.36. The molecule has 0 fully saturated rings. The van der Waals surface area contributed by atoms with Crippen molar-refractivity contribution in [2.45, 2.75) is 13.8 Å². The normalized spacial score (nSPS) is 13.5. The first-order valence-corrected chi connectivity index (χ1v) is 3.97. The van der Waals surface area contributed by atoms with Gasteiger partial charge in [0.05, 0.1) is 0 Å². The smallest absolute Gasteiger partial charge is 0.0339 e. The van der Waals surface area contributed by atoms with Crippen LogP contribution in [0.5, 0.6) is 0 Å². The Kier molecular flexibility index (Phi) is 2.81. The van der Waals surface area contributed by atoms with Crippen LogP contribution < -0.4 is 10.4 Å². The second kappa shape index (κ2) is 3.86. The molecule has 1 aromatic carbocycles. The average molecular weight is 159 g/mol.